The Hall–Kier alpha value is -1.66. The number of aliphatic carboxylic acids is 1. The Bertz CT molecular complexity index is 623. The quantitative estimate of drug-likeness (QED) is 0.654. The third-order valence-electron chi connectivity index (χ3n) is 2.58. The van der Waals surface area contributed by atoms with E-state index in [-0.39, 0.29) is 0 Å². The molecule has 0 radical (unpaired) electrons. The first-order chi connectivity index (χ1) is 9.69. The van der Waals surface area contributed by atoms with Crippen molar-refractivity contribution in [3.63, 3.8) is 0 Å². The van der Waals surface area contributed by atoms with E-state index in [0.717, 1.165) is 39.5 Å². The zero-order valence-electron chi connectivity index (χ0n) is 10.9. The van der Waals surface area contributed by atoms with Gasteiger partial charge in [-0.15, -0.1) is 0 Å². The first-order valence-corrected chi connectivity index (χ1v) is 7.89. The molecule has 2 rings (SSSR count). The van der Waals surface area contributed by atoms with E-state index in [1.165, 1.54) is 11.5 Å². The largest absolute Gasteiger partial charge is 0.478 e. The summed E-state index contributed by atoms with van der Waals surface area (Å²) in [6.45, 7) is 2.03. The summed E-state index contributed by atoms with van der Waals surface area (Å²) in [5.41, 5.74) is 2.01. The molecule has 20 heavy (non-hydrogen) atoms. The number of carboxylic acid groups (broad SMARTS) is 1. The van der Waals surface area contributed by atoms with Crippen molar-refractivity contribution in [2.24, 2.45) is 0 Å². The third kappa shape index (κ3) is 4.18. The van der Waals surface area contributed by atoms with E-state index >= 15 is 0 Å². The minimum atomic E-state index is -0.941. The molecule has 0 aliphatic rings. The Morgan fingerprint density at radius 1 is 1.45 bits per heavy atom. The van der Waals surface area contributed by atoms with Gasteiger partial charge in [0, 0.05) is 18.2 Å². The highest BCUT2D eigenvalue weighted by Crippen LogP contribution is 2.26. The summed E-state index contributed by atoms with van der Waals surface area (Å²) in [6.07, 6.45) is 3.62. The molecule has 4 nitrogen and oxygen atoms in total. The molecule has 0 saturated carbocycles. The van der Waals surface area contributed by atoms with Gasteiger partial charge in [-0.25, -0.2) is 9.78 Å². The van der Waals surface area contributed by atoms with Crippen LogP contribution in [0.25, 0.3) is 6.08 Å². The van der Waals surface area contributed by atoms with Gasteiger partial charge in [-0.2, -0.15) is 4.37 Å². The van der Waals surface area contributed by atoms with Crippen LogP contribution in [0.5, 0.6) is 0 Å². The lowest BCUT2D eigenvalue weighted by Crippen LogP contribution is -1.89. The van der Waals surface area contributed by atoms with Crippen LogP contribution in [0.15, 0.2) is 34.7 Å². The van der Waals surface area contributed by atoms with Gasteiger partial charge < -0.3 is 5.11 Å². The van der Waals surface area contributed by atoms with Gasteiger partial charge in [-0.05, 0) is 28.7 Å². The Morgan fingerprint density at radius 2 is 2.25 bits per heavy atom. The Labute approximate surface area is 125 Å². The van der Waals surface area contributed by atoms with Crippen LogP contribution in [0, 0.1) is 0 Å². The second-order valence-corrected chi connectivity index (χ2v) is 5.96. The summed E-state index contributed by atoms with van der Waals surface area (Å²) in [6, 6.07) is 7.75. The average molecular weight is 306 g/mol. The molecule has 0 aliphatic carbocycles. The second kappa shape index (κ2) is 7.21. The molecule has 2 aromatic rings. The molecular formula is C14H14N2O2S2. The van der Waals surface area contributed by atoms with Gasteiger partial charge in [0.1, 0.15) is 5.82 Å². The highest BCUT2D eigenvalue weighted by molar-refractivity contribution is 8.00. The number of benzene rings is 1. The molecule has 1 heterocycles. The molecular weight excluding hydrogens is 292 g/mol. The molecule has 1 N–H and O–H groups in total. The van der Waals surface area contributed by atoms with E-state index < -0.39 is 5.97 Å². The maximum Gasteiger partial charge on any atom is 0.328 e. The number of aromatic nitrogens is 2. The molecule has 0 spiro atoms. The topological polar surface area (TPSA) is 63.1 Å². The predicted octanol–water partition coefficient (Wildman–Crippen LogP) is 3.49. The van der Waals surface area contributed by atoms with Crippen molar-refractivity contribution < 1.29 is 9.90 Å². The number of hydrogen-bond donors (Lipinski definition) is 1. The minimum absolute atomic E-state index is 0.748. The van der Waals surface area contributed by atoms with Crippen molar-refractivity contribution in [3.8, 4) is 0 Å². The second-order valence-electron chi connectivity index (χ2n) is 3.99. The summed E-state index contributed by atoms with van der Waals surface area (Å²) in [4.78, 5) is 15.0. The maximum absolute atomic E-state index is 10.6. The monoisotopic (exact) mass is 306 g/mol. The highest BCUT2D eigenvalue weighted by Gasteiger charge is 2.05. The van der Waals surface area contributed by atoms with E-state index in [2.05, 4.69) is 9.36 Å². The third-order valence-corrected chi connectivity index (χ3v) is 4.50. The van der Waals surface area contributed by atoms with Crippen molar-refractivity contribution in [1.29, 1.82) is 0 Å². The van der Waals surface area contributed by atoms with Gasteiger partial charge in [-0.1, -0.05) is 43.0 Å². The van der Waals surface area contributed by atoms with Crippen LogP contribution in [0.3, 0.4) is 0 Å². The van der Waals surface area contributed by atoms with Crippen LogP contribution >= 0.6 is 23.3 Å². The lowest BCUT2D eigenvalue weighted by Gasteiger charge is -2.03. The first kappa shape index (κ1) is 14.7. The van der Waals surface area contributed by atoms with E-state index in [4.69, 9.17) is 5.11 Å². The zero-order valence-corrected chi connectivity index (χ0v) is 12.6. The average Bonchev–Trinajstić information content (AvgIpc) is 2.91. The standard InChI is InChI=1S/C14H14N2O2S2/c1-2-12-15-14(20-16-12)19-9-11-6-4-3-5-10(11)7-8-13(17)18/h3-8H,2,9H2,1H3,(H,17,18). The molecule has 6 heteroatoms. The summed E-state index contributed by atoms with van der Waals surface area (Å²) in [5, 5.41) is 8.69. The number of nitrogens with zero attached hydrogens (tertiary/aromatic N) is 2. The molecule has 0 amide bonds. The molecule has 0 bridgehead atoms. The zero-order chi connectivity index (χ0) is 14.4. The van der Waals surface area contributed by atoms with Crippen molar-refractivity contribution in [2.45, 2.75) is 23.4 Å². The molecule has 0 aliphatic heterocycles. The molecule has 0 saturated heterocycles. The number of aryl methyl sites for hydroxylation is 1. The number of carboxylic acids is 1. The number of carbonyl (C=O) groups is 1. The first-order valence-electron chi connectivity index (χ1n) is 6.13. The lowest BCUT2D eigenvalue weighted by atomic mass is 10.1. The molecule has 0 atom stereocenters. The van der Waals surface area contributed by atoms with E-state index in [1.54, 1.807) is 17.8 Å². The SMILES string of the molecule is CCc1nsc(SCc2ccccc2C=CC(=O)O)n1. The maximum atomic E-state index is 10.6. The number of thioether (sulfide) groups is 1. The van der Waals surface area contributed by atoms with E-state index in [9.17, 15) is 4.79 Å². The van der Waals surface area contributed by atoms with Crippen molar-refractivity contribution in [2.75, 3.05) is 0 Å². The summed E-state index contributed by atoms with van der Waals surface area (Å²) in [5.74, 6) is 0.680. The van der Waals surface area contributed by atoms with Crippen LogP contribution in [-0.4, -0.2) is 20.4 Å². The summed E-state index contributed by atoms with van der Waals surface area (Å²) < 4.78 is 5.19. The smallest absolute Gasteiger partial charge is 0.328 e. The molecule has 1 aromatic carbocycles. The molecule has 0 fully saturated rings. The van der Waals surface area contributed by atoms with Crippen LogP contribution in [0.2, 0.25) is 0 Å². The van der Waals surface area contributed by atoms with E-state index in [0.29, 0.717) is 0 Å². The fraction of sp³-hybridized carbons (Fsp3) is 0.214. The minimum Gasteiger partial charge on any atom is -0.478 e. The van der Waals surface area contributed by atoms with E-state index in [1.807, 2.05) is 31.2 Å². The Morgan fingerprint density at radius 3 is 2.95 bits per heavy atom. The van der Waals surface area contributed by atoms with Gasteiger partial charge in [0.15, 0.2) is 4.34 Å². The van der Waals surface area contributed by atoms with Gasteiger partial charge in [-0.3, -0.25) is 0 Å². The van der Waals surface area contributed by atoms with Crippen LogP contribution in [-0.2, 0) is 17.0 Å². The Balaban J connectivity index is 2.07. The van der Waals surface area contributed by atoms with Gasteiger partial charge in [0.25, 0.3) is 0 Å². The number of rotatable bonds is 6. The fourth-order valence-electron chi connectivity index (χ4n) is 1.57. The highest BCUT2D eigenvalue weighted by atomic mass is 32.2. The van der Waals surface area contributed by atoms with Gasteiger partial charge >= 0.3 is 5.97 Å². The van der Waals surface area contributed by atoms with Crippen LogP contribution in [0.4, 0.5) is 0 Å². The van der Waals surface area contributed by atoms with Crippen LogP contribution < -0.4 is 0 Å². The fourth-order valence-corrected chi connectivity index (χ4v) is 3.28. The lowest BCUT2D eigenvalue weighted by molar-refractivity contribution is -0.131. The molecule has 1 aromatic heterocycles. The normalized spacial score (nSPS) is 11.1. The molecule has 104 valence electrons. The summed E-state index contributed by atoms with van der Waals surface area (Å²) >= 11 is 3.03. The van der Waals surface area contributed by atoms with Crippen molar-refractivity contribution in [3.05, 3.63) is 47.3 Å². The molecule has 0 unspecified atom stereocenters. The number of hydrogen-bond acceptors (Lipinski definition) is 5. The Kier molecular flexibility index (Phi) is 5.31. The van der Waals surface area contributed by atoms with Gasteiger partial charge in [0.05, 0.1) is 0 Å². The van der Waals surface area contributed by atoms with Gasteiger partial charge in [0.2, 0.25) is 0 Å². The van der Waals surface area contributed by atoms with Crippen molar-refractivity contribution in [1.82, 2.24) is 9.36 Å². The van der Waals surface area contributed by atoms with Crippen molar-refractivity contribution >= 4 is 35.3 Å². The summed E-state index contributed by atoms with van der Waals surface area (Å²) in [7, 11) is 0. The van der Waals surface area contributed by atoms with Crippen LogP contribution in [0.1, 0.15) is 23.9 Å². The predicted molar refractivity (Wildman–Crippen MR) is 82.0 cm³/mol.